The van der Waals surface area contributed by atoms with E-state index in [0.717, 1.165) is 5.69 Å². The summed E-state index contributed by atoms with van der Waals surface area (Å²) < 4.78 is 23.0. The van der Waals surface area contributed by atoms with E-state index in [0.29, 0.717) is 5.82 Å². The van der Waals surface area contributed by atoms with Crippen molar-refractivity contribution in [3.63, 3.8) is 0 Å². The van der Waals surface area contributed by atoms with Crippen molar-refractivity contribution < 1.29 is 4.21 Å². The molecule has 74 valence electrons. The number of hydrogen-bond donors (Lipinski definition) is 2. The summed E-state index contributed by atoms with van der Waals surface area (Å²) >= 11 is 0. The molecule has 0 saturated heterocycles. The molecule has 1 unspecified atom stereocenters. The number of nitrogens with zero attached hydrogens (tertiary/aromatic N) is 2. The van der Waals surface area contributed by atoms with Crippen LogP contribution < -0.4 is 4.72 Å². The van der Waals surface area contributed by atoms with Crippen molar-refractivity contribution in [3.05, 3.63) is 11.8 Å². The Kier molecular flexibility index (Phi) is 2.60. The molecule has 0 aromatic carbocycles. The number of aromatic nitrogens is 2. The fraction of sp³-hybridized carbons (Fsp3) is 0.571. The smallest absolute Gasteiger partial charge is 0.160 e. The molecule has 1 aromatic heterocycles. The first-order valence-electron chi connectivity index (χ1n) is 3.99. The molecule has 0 aliphatic carbocycles. The van der Waals surface area contributed by atoms with Gasteiger partial charge in [0, 0.05) is 24.6 Å². The van der Waals surface area contributed by atoms with Crippen LogP contribution in [0, 0.1) is 11.7 Å². The van der Waals surface area contributed by atoms with Gasteiger partial charge in [-0.2, -0.15) is 5.10 Å². The monoisotopic (exact) mass is 202 g/mol. The lowest BCUT2D eigenvalue weighted by molar-refractivity contribution is 0.678. The first kappa shape index (κ1) is 10.0. The van der Waals surface area contributed by atoms with Gasteiger partial charge in [0.1, 0.15) is 9.92 Å². The summed E-state index contributed by atoms with van der Waals surface area (Å²) in [6.45, 7) is 3.61. The number of anilines is 1. The highest BCUT2D eigenvalue weighted by atomic mass is 32.2. The topological polar surface area (TPSA) is 70.8 Å². The Morgan fingerprint density at radius 3 is 2.77 bits per heavy atom. The Bertz CT molecular complexity index is 373. The molecule has 1 atom stereocenters. The first-order valence-corrected chi connectivity index (χ1v) is 5.72. The Hall–Kier alpha value is -1.04. The highest BCUT2D eigenvalue weighted by Crippen LogP contribution is 2.08. The number of rotatable bonds is 3. The lowest BCUT2D eigenvalue weighted by Crippen LogP contribution is -2.13. The van der Waals surface area contributed by atoms with E-state index in [1.807, 2.05) is 6.92 Å². The molecule has 2 N–H and O–H groups in total. The van der Waals surface area contributed by atoms with E-state index in [1.54, 1.807) is 24.7 Å². The van der Waals surface area contributed by atoms with Crippen molar-refractivity contribution in [1.29, 1.82) is 4.78 Å². The molecular formula is C7H14N4OS. The van der Waals surface area contributed by atoms with Gasteiger partial charge in [0.15, 0.2) is 5.82 Å². The third kappa shape index (κ3) is 2.45. The van der Waals surface area contributed by atoms with Crippen LogP contribution in [0.5, 0.6) is 0 Å². The molecule has 0 saturated carbocycles. The van der Waals surface area contributed by atoms with Gasteiger partial charge >= 0.3 is 0 Å². The van der Waals surface area contributed by atoms with Crippen LogP contribution in [0.4, 0.5) is 5.82 Å². The third-order valence-corrected chi connectivity index (χ3v) is 3.14. The Balaban J connectivity index is 2.87. The minimum absolute atomic E-state index is 0.280. The van der Waals surface area contributed by atoms with Crippen LogP contribution in [-0.4, -0.2) is 19.7 Å². The van der Waals surface area contributed by atoms with Gasteiger partial charge in [-0.05, 0) is 6.92 Å². The largest absolute Gasteiger partial charge is 0.282 e. The molecule has 0 bridgehead atoms. The van der Waals surface area contributed by atoms with Gasteiger partial charge in [0.2, 0.25) is 0 Å². The van der Waals surface area contributed by atoms with E-state index in [2.05, 4.69) is 9.82 Å². The van der Waals surface area contributed by atoms with Gasteiger partial charge in [-0.1, -0.05) is 6.92 Å². The normalized spacial score (nSPS) is 15.3. The zero-order valence-electron chi connectivity index (χ0n) is 8.00. The Labute approximate surface area is 78.3 Å². The molecule has 1 aromatic rings. The molecular weight excluding hydrogens is 188 g/mol. The Morgan fingerprint density at radius 2 is 2.38 bits per heavy atom. The summed E-state index contributed by atoms with van der Waals surface area (Å²) in [4.78, 5) is 0. The van der Waals surface area contributed by atoms with Gasteiger partial charge in [-0.25, -0.2) is 8.99 Å². The fourth-order valence-electron chi connectivity index (χ4n) is 0.852. The second kappa shape index (κ2) is 3.37. The average molecular weight is 202 g/mol. The fourth-order valence-corrected chi connectivity index (χ4v) is 1.43. The predicted molar refractivity (Wildman–Crippen MR) is 53.0 cm³/mol. The minimum Gasteiger partial charge on any atom is -0.282 e. The highest BCUT2D eigenvalue weighted by Gasteiger charge is 2.06. The van der Waals surface area contributed by atoms with Crippen molar-refractivity contribution in [2.75, 3.05) is 10.5 Å². The molecule has 0 radical (unpaired) electrons. The second-order valence-electron chi connectivity index (χ2n) is 2.86. The van der Waals surface area contributed by atoms with Gasteiger partial charge in [0.05, 0.1) is 0 Å². The van der Waals surface area contributed by atoms with Gasteiger partial charge < -0.3 is 0 Å². The van der Waals surface area contributed by atoms with Gasteiger partial charge in [-0.3, -0.25) is 9.40 Å². The van der Waals surface area contributed by atoms with Crippen molar-refractivity contribution in [1.82, 2.24) is 9.78 Å². The van der Waals surface area contributed by atoms with E-state index in [1.165, 1.54) is 0 Å². The van der Waals surface area contributed by atoms with Crippen LogP contribution >= 0.6 is 0 Å². The van der Waals surface area contributed by atoms with Gasteiger partial charge in [-0.15, -0.1) is 0 Å². The van der Waals surface area contributed by atoms with Crippen LogP contribution in [-0.2, 0) is 17.0 Å². The second-order valence-corrected chi connectivity index (χ2v) is 4.99. The number of aryl methyl sites for hydroxylation is 2. The standard InChI is InChI=1S/C7H14N4OS/c1-4-13(8,12)10-7-5-6(2)11(3)9-7/h5H,4H2,1-3H3,(H2,8,9,10,12). The summed E-state index contributed by atoms with van der Waals surface area (Å²) in [5.41, 5.74) is 0.966. The predicted octanol–water partition coefficient (Wildman–Crippen LogP) is 1.12. The zero-order chi connectivity index (χ0) is 10.1. The lowest BCUT2D eigenvalue weighted by Gasteiger charge is -2.03. The maximum atomic E-state index is 11.4. The quantitative estimate of drug-likeness (QED) is 0.771. The van der Waals surface area contributed by atoms with Crippen LogP contribution in [0.25, 0.3) is 0 Å². The molecule has 5 nitrogen and oxygen atoms in total. The van der Waals surface area contributed by atoms with Crippen LogP contribution in [0.3, 0.4) is 0 Å². The molecule has 1 rings (SSSR count). The summed E-state index contributed by atoms with van der Waals surface area (Å²) in [5.74, 6) is 0.782. The molecule has 0 fully saturated rings. The van der Waals surface area contributed by atoms with Crippen LogP contribution in [0.15, 0.2) is 6.07 Å². The average Bonchev–Trinajstić information content (AvgIpc) is 2.30. The number of nitrogens with one attached hydrogen (secondary N) is 2. The van der Waals surface area contributed by atoms with Crippen molar-refractivity contribution >= 4 is 15.7 Å². The van der Waals surface area contributed by atoms with Crippen molar-refractivity contribution in [2.24, 2.45) is 7.05 Å². The van der Waals surface area contributed by atoms with Gasteiger partial charge in [0.25, 0.3) is 0 Å². The zero-order valence-corrected chi connectivity index (χ0v) is 8.81. The summed E-state index contributed by atoms with van der Waals surface area (Å²) in [6.07, 6.45) is 0. The highest BCUT2D eigenvalue weighted by molar-refractivity contribution is 7.93. The molecule has 0 aliphatic heterocycles. The summed E-state index contributed by atoms with van der Waals surface area (Å²) in [5, 5.41) is 4.05. The van der Waals surface area contributed by atoms with E-state index in [4.69, 9.17) is 4.78 Å². The summed E-state index contributed by atoms with van der Waals surface area (Å²) in [7, 11) is -0.898. The van der Waals surface area contributed by atoms with E-state index in [-0.39, 0.29) is 5.75 Å². The number of hydrogen-bond acceptors (Lipinski definition) is 3. The minimum atomic E-state index is -2.70. The summed E-state index contributed by atoms with van der Waals surface area (Å²) in [6, 6.07) is 1.77. The van der Waals surface area contributed by atoms with E-state index < -0.39 is 9.92 Å². The molecule has 1 heterocycles. The first-order chi connectivity index (χ1) is 5.94. The lowest BCUT2D eigenvalue weighted by atomic mass is 10.5. The maximum Gasteiger partial charge on any atom is 0.160 e. The van der Waals surface area contributed by atoms with Crippen LogP contribution in [0.1, 0.15) is 12.6 Å². The van der Waals surface area contributed by atoms with Crippen LogP contribution in [0.2, 0.25) is 0 Å². The molecule has 0 spiro atoms. The molecule has 13 heavy (non-hydrogen) atoms. The van der Waals surface area contributed by atoms with Crippen molar-refractivity contribution in [2.45, 2.75) is 13.8 Å². The Morgan fingerprint density at radius 1 is 1.77 bits per heavy atom. The van der Waals surface area contributed by atoms with E-state index >= 15 is 0 Å². The van der Waals surface area contributed by atoms with E-state index in [9.17, 15) is 4.21 Å². The van der Waals surface area contributed by atoms with Crippen molar-refractivity contribution in [3.8, 4) is 0 Å². The molecule has 0 aliphatic rings. The molecule has 6 heteroatoms. The maximum absolute atomic E-state index is 11.4. The SMILES string of the molecule is CCS(=N)(=O)Nc1cc(C)n(C)n1. The molecule has 0 amide bonds. The third-order valence-electron chi connectivity index (χ3n) is 1.79.